The predicted octanol–water partition coefficient (Wildman–Crippen LogP) is 8.73. The first-order valence-corrected chi connectivity index (χ1v) is 13.9. The van der Waals surface area contributed by atoms with Crippen molar-refractivity contribution in [1.82, 2.24) is 0 Å². The highest BCUT2D eigenvalue weighted by atomic mass is 32.2. The van der Waals surface area contributed by atoms with E-state index in [1.165, 1.54) is 32.0 Å². The molecule has 4 heteroatoms. The van der Waals surface area contributed by atoms with Gasteiger partial charge in [0.2, 0.25) is 0 Å². The fourth-order valence-electron chi connectivity index (χ4n) is 6.50. The van der Waals surface area contributed by atoms with Crippen molar-refractivity contribution < 1.29 is 4.42 Å². The molecule has 1 spiro atoms. The molecule has 0 N–H and O–H groups in total. The van der Waals surface area contributed by atoms with Crippen LogP contribution >= 0.6 is 11.8 Å². The Bertz CT molecular complexity index is 1910. The van der Waals surface area contributed by atoms with Crippen LogP contribution in [0.1, 0.15) is 28.0 Å². The molecule has 0 saturated heterocycles. The molecular weight excluding hydrogens is 498 g/mol. The van der Waals surface area contributed by atoms with Crippen LogP contribution in [0.3, 0.4) is 0 Å². The summed E-state index contributed by atoms with van der Waals surface area (Å²) in [6.07, 6.45) is 0. The number of hydrogen-bond donors (Lipinski definition) is 0. The van der Waals surface area contributed by atoms with Crippen molar-refractivity contribution in [2.24, 2.45) is 0 Å². The van der Waals surface area contributed by atoms with Gasteiger partial charge in [0.15, 0.2) is 5.43 Å². The fourth-order valence-corrected chi connectivity index (χ4v) is 7.70. The molecule has 0 aliphatic carbocycles. The fraction of sp³-hybridized carbons (Fsp3) is 0.0571. The molecule has 1 aromatic heterocycles. The molecule has 3 heterocycles. The van der Waals surface area contributed by atoms with Crippen LogP contribution in [0.4, 0.5) is 17.1 Å². The summed E-state index contributed by atoms with van der Waals surface area (Å²) < 4.78 is 5.87. The molecule has 2 aliphatic heterocycles. The maximum absolute atomic E-state index is 13.0. The minimum absolute atomic E-state index is 0.0298. The van der Waals surface area contributed by atoms with Gasteiger partial charge in [-0.05, 0) is 71.6 Å². The Hall–Kier alpha value is -4.54. The molecule has 8 rings (SSSR count). The smallest absolute Gasteiger partial charge is 0.193 e. The van der Waals surface area contributed by atoms with Crippen LogP contribution in [0.5, 0.6) is 0 Å². The molecule has 0 amide bonds. The molecule has 39 heavy (non-hydrogen) atoms. The number of aryl methyl sites for hydroxylation is 1. The Morgan fingerprint density at radius 1 is 0.641 bits per heavy atom. The summed E-state index contributed by atoms with van der Waals surface area (Å²) in [7, 11) is 0. The molecule has 2 aliphatic rings. The molecule has 0 bridgehead atoms. The monoisotopic (exact) mass is 521 g/mol. The van der Waals surface area contributed by atoms with Crippen LogP contribution in [-0.4, -0.2) is 0 Å². The van der Waals surface area contributed by atoms with Gasteiger partial charge in [0, 0.05) is 21.5 Å². The molecule has 186 valence electrons. The lowest BCUT2D eigenvalue weighted by atomic mass is 9.62. The zero-order valence-electron chi connectivity index (χ0n) is 21.2. The Morgan fingerprint density at radius 2 is 1.18 bits per heavy atom. The number of hydrogen-bond acceptors (Lipinski definition) is 4. The number of para-hydroxylation sites is 2. The highest BCUT2D eigenvalue weighted by Gasteiger charge is 2.50. The first-order valence-electron chi connectivity index (χ1n) is 13.1. The van der Waals surface area contributed by atoms with Gasteiger partial charge in [0.05, 0.1) is 22.2 Å². The second-order valence-electron chi connectivity index (χ2n) is 10.1. The van der Waals surface area contributed by atoms with E-state index < -0.39 is 5.41 Å². The molecule has 0 saturated carbocycles. The van der Waals surface area contributed by atoms with Gasteiger partial charge < -0.3 is 9.32 Å². The van der Waals surface area contributed by atoms with Crippen LogP contribution in [0.25, 0.3) is 11.0 Å². The number of rotatable bonds is 1. The van der Waals surface area contributed by atoms with Gasteiger partial charge in [-0.1, -0.05) is 84.6 Å². The van der Waals surface area contributed by atoms with E-state index in [1.54, 1.807) is 6.07 Å². The van der Waals surface area contributed by atoms with Crippen LogP contribution in [0.15, 0.2) is 140 Å². The summed E-state index contributed by atoms with van der Waals surface area (Å²) >= 11 is 1.84. The Kier molecular flexibility index (Phi) is 4.73. The van der Waals surface area contributed by atoms with E-state index in [0.717, 1.165) is 17.1 Å². The van der Waals surface area contributed by atoms with Crippen LogP contribution in [-0.2, 0) is 5.41 Å². The molecular formula is C35H23NO2S. The third kappa shape index (κ3) is 3.03. The third-order valence-electron chi connectivity index (χ3n) is 7.99. The minimum atomic E-state index is -0.477. The zero-order chi connectivity index (χ0) is 26.1. The SMILES string of the molecule is Cc1cc(=O)c2cc(N3c4ccccc4C4(c5ccccc5Sc5ccccc54)c4ccccc43)ccc2o1. The molecule has 0 radical (unpaired) electrons. The Labute approximate surface area is 230 Å². The molecule has 5 aromatic carbocycles. The number of nitrogens with zero attached hydrogens (tertiary/aromatic N) is 1. The third-order valence-corrected chi connectivity index (χ3v) is 9.14. The normalized spacial score (nSPS) is 14.4. The van der Waals surface area contributed by atoms with Gasteiger partial charge in [-0.3, -0.25) is 4.79 Å². The van der Waals surface area contributed by atoms with Crippen molar-refractivity contribution in [3.8, 4) is 0 Å². The summed E-state index contributed by atoms with van der Waals surface area (Å²) in [6.45, 7) is 1.81. The maximum Gasteiger partial charge on any atom is 0.193 e. The quantitative estimate of drug-likeness (QED) is 0.216. The van der Waals surface area contributed by atoms with Crippen molar-refractivity contribution in [3.63, 3.8) is 0 Å². The van der Waals surface area contributed by atoms with E-state index in [-0.39, 0.29) is 5.43 Å². The summed E-state index contributed by atoms with van der Waals surface area (Å²) in [5.74, 6) is 0.614. The van der Waals surface area contributed by atoms with Crippen molar-refractivity contribution >= 4 is 39.8 Å². The molecule has 3 nitrogen and oxygen atoms in total. The molecule has 0 unspecified atom stereocenters. The number of fused-ring (bicyclic) bond motifs is 9. The van der Waals surface area contributed by atoms with E-state index in [4.69, 9.17) is 4.42 Å². The van der Waals surface area contributed by atoms with Crippen LogP contribution in [0.2, 0.25) is 0 Å². The summed E-state index contributed by atoms with van der Waals surface area (Å²) in [4.78, 5) is 17.8. The summed E-state index contributed by atoms with van der Waals surface area (Å²) in [5.41, 5.74) is 8.26. The maximum atomic E-state index is 13.0. The van der Waals surface area contributed by atoms with Crippen molar-refractivity contribution in [2.45, 2.75) is 22.1 Å². The predicted molar refractivity (Wildman–Crippen MR) is 158 cm³/mol. The zero-order valence-corrected chi connectivity index (χ0v) is 22.0. The topological polar surface area (TPSA) is 33.5 Å². The highest BCUT2D eigenvalue weighted by Crippen LogP contribution is 2.62. The van der Waals surface area contributed by atoms with E-state index in [1.807, 2.05) is 30.8 Å². The second kappa shape index (κ2) is 8.23. The van der Waals surface area contributed by atoms with Gasteiger partial charge in [0.25, 0.3) is 0 Å². The first-order chi connectivity index (χ1) is 19.2. The highest BCUT2D eigenvalue weighted by molar-refractivity contribution is 7.99. The van der Waals surface area contributed by atoms with Crippen molar-refractivity contribution in [2.75, 3.05) is 4.90 Å². The van der Waals surface area contributed by atoms with Gasteiger partial charge in [-0.15, -0.1) is 0 Å². The molecule has 0 atom stereocenters. The lowest BCUT2D eigenvalue weighted by Gasteiger charge is -2.48. The minimum Gasteiger partial charge on any atom is -0.461 e. The van der Waals surface area contributed by atoms with Gasteiger partial charge in [-0.25, -0.2) is 0 Å². The summed E-state index contributed by atoms with van der Waals surface area (Å²) in [5, 5.41) is 0.582. The lowest BCUT2D eigenvalue weighted by Crippen LogP contribution is -2.39. The number of anilines is 3. The average Bonchev–Trinajstić information content (AvgIpc) is 2.97. The summed E-state index contributed by atoms with van der Waals surface area (Å²) in [6, 6.07) is 42.5. The Morgan fingerprint density at radius 3 is 1.79 bits per heavy atom. The van der Waals surface area contributed by atoms with E-state index in [0.29, 0.717) is 16.7 Å². The molecule has 0 fully saturated rings. The van der Waals surface area contributed by atoms with Gasteiger partial charge in [0.1, 0.15) is 11.3 Å². The van der Waals surface area contributed by atoms with Crippen LogP contribution in [0, 0.1) is 6.92 Å². The Balaban J connectivity index is 1.49. The van der Waals surface area contributed by atoms with Gasteiger partial charge in [-0.2, -0.15) is 0 Å². The van der Waals surface area contributed by atoms with Gasteiger partial charge >= 0.3 is 0 Å². The van der Waals surface area contributed by atoms with E-state index >= 15 is 0 Å². The lowest BCUT2D eigenvalue weighted by molar-refractivity contribution is 0.565. The largest absolute Gasteiger partial charge is 0.461 e. The average molecular weight is 522 g/mol. The van der Waals surface area contributed by atoms with Crippen molar-refractivity contribution in [3.05, 3.63) is 160 Å². The molecule has 6 aromatic rings. The second-order valence-corrected chi connectivity index (χ2v) is 11.2. The van der Waals surface area contributed by atoms with Crippen molar-refractivity contribution in [1.29, 1.82) is 0 Å². The van der Waals surface area contributed by atoms with Crippen LogP contribution < -0.4 is 10.3 Å². The first kappa shape index (κ1) is 22.4. The standard InChI is InChI=1S/C35H23NO2S/c1-22-20-31(37)24-21-23(18-19-32(24)38-22)36-29-14-6-2-10-25(29)35(26-11-3-7-15-30(26)36)27-12-4-8-16-33(27)39-34-17-9-5-13-28(34)35/h2-21H,1H3. The van der Waals surface area contributed by atoms with E-state index in [2.05, 4.69) is 108 Å². The van der Waals surface area contributed by atoms with E-state index in [9.17, 15) is 4.79 Å². The number of benzene rings is 5.